The van der Waals surface area contributed by atoms with Gasteiger partial charge < -0.3 is 0 Å². The van der Waals surface area contributed by atoms with E-state index in [9.17, 15) is 4.39 Å². The summed E-state index contributed by atoms with van der Waals surface area (Å²) in [6.07, 6.45) is 13.0. The van der Waals surface area contributed by atoms with Gasteiger partial charge in [0.1, 0.15) is 5.82 Å². The average Bonchev–Trinajstić information content (AvgIpc) is 2.90. The van der Waals surface area contributed by atoms with Crippen LogP contribution in [0.4, 0.5) is 13.2 Å². The molecule has 0 aliphatic heterocycles. The molecular weight excluding hydrogens is 453 g/mol. The molecule has 3 aromatic rings. The van der Waals surface area contributed by atoms with Crippen molar-refractivity contribution in [3.63, 3.8) is 0 Å². The van der Waals surface area contributed by atoms with Crippen molar-refractivity contribution in [2.24, 2.45) is 5.92 Å². The molecule has 1 fully saturated rings. The van der Waals surface area contributed by atoms with Gasteiger partial charge in [-0.25, -0.2) is 13.2 Å². The van der Waals surface area contributed by atoms with Gasteiger partial charge >= 0.3 is 0 Å². The van der Waals surface area contributed by atoms with Crippen LogP contribution in [0, 0.1) is 23.4 Å². The Balaban J connectivity index is 1.44. The summed E-state index contributed by atoms with van der Waals surface area (Å²) in [5.41, 5.74) is 3.92. The van der Waals surface area contributed by atoms with Gasteiger partial charge in [-0.05, 0) is 84.2 Å². The molecule has 0 aromatic heterocycles. The zero-order valence-electron chi connectivity index (χ0n) is 21.5. The summed E-state index contributed by atoms with van der Waals surface area (Å²) in [5, 5.41) is 0. The van der Waals surface area contributed by atoms with Crippen molar-refractivity contribution in [3.05, 3.63) is 94.3 Å². The monoisotopic (exact) mass is 490 g/mol. The Kier molecular flexibility index (Phi) is 9.07. The molecule has 0 bridgehead atoms. The maximum atomic E-state index is 15.1. The first-order chi connectivity index (χ1) is 17.5. The van der Waals surface area contributed by atoms with Crippen LogP contribution in [0.15, 0.2) is 54.6 Å². The molecule has 3 heteroatoms. The highest BCUT2D eigenvalue weighted by Gasteiger charge is 2.26. The summed E-state index contributed by atoms with van der Waals surface area (Å²) in [6.45, 7) is 4.30. The van der Waals surface area contributed by atoms with Crippen LogP contribution in [0.2, 0.25) is 0 Å². The summed E-state index contributed by atoms with van der Waals surface area (Å²) >= 11 is 0. The van der Waals surface area contributed by atoms with E-state index in [0.29, 0.717) is 11.1 Å². The summed E-state index contributed by atoms with van der Waals surface area (Å²) in [4.78, 5) is 0. The van der Waals surface area contributed by atoms with Crippen LogP contribution in [0.25, 0.3) is 23.3 Å². The molecule has 0 amide bonds. The fourth-order valence-corrected chi connectivity index (χ4v) is 5.48. The first-order valence-electron chi connectivity index (χ1n) is 13.5. The summed E-state index contributed by atoms with van der Waals surface area (Å²) in [6, 6.07) is 16.2. The maximum Gasteiger partial charge on any atom is 0.166 e. The van der Waals surface area contributed by atoms with Crippen molar-refractivity contribution in [1.82, 2.24) is 0 Å². The van der Waals surface area contributed by atoms with Crippen molar-refractivity contribution in [2.45, 2.75) is 77.6 Å². The minimum absolute atomic E-state index is 0.111. The van der Waals surface area contributed by atoms with E-state index in [2.05, 4.69) is 13.8 Å². The van der Waals surface area contributed by atoms with Crippen LogP contribution >= 0.6 is 0 Å². The standard InChI is InChI=1S/C33H37F3/c1-3-5-7-28-19-14-25(22-31(28)34)9-8-24-12-17-27(18-13-24)30-21-20-29(32(35)33(30)36)26-15-10-23(6-4-2)11-16-26/h8-9,12-14,17-23,26H,3-7,10-11,15-16H2,1-2H3. The highest BCUT2D eigenvalue weighted by atomic mass is 19.2. The Labute approximate surface area is 214 Å². The van der Waals surface area contributed by atoms with Crippen LogP contribution in [-0.4, -0.2) is 0 Å². The minimum atomic E-state index is -0.759. The highest BCUT2D eigenvalue weighted by molar-refractivity contribution is 5.72. The Morgan fingerprint density at radius 2 is 1.44 bits per heavy atom. The summed E-state index contributed by atoms with van der Waals surface area (Å²) in [7, 11) is 0. The van der Waals surface area contributed by atoms with Crippen molar-refractivity contribution in [1.29, 1.82) is 0 Å². The van der Waals surface area contributed by atoms with Gasteiger partial charge in [-0.2, -0.15) is 0 Å². The number of hydrogen-bond donors (Lipinski definition) is 0. The van der Waals surface area contributed by atoms with Gasteiger partial charge in [0.15, 0.2) is 11.6 Å². The Bertz CT molecular complexity index is 1170. The Hall–Kier alpha value is -2.81. The van der Waals surface area contributed by atoms with Crippen molar-refractivity contribution < 1.29 is 13.2 Å². The first kappa shape index (κ1) is 26.3. The van der Waals surface area contributed by atoms with E-state index in [-0.39, 0.29) is 17.3 Å². The van der Waals surface area contributed by atoms with Crippen molar-refractivity contribution >= 4 is 12.2 Å². The molecule has 0 N–H and O–H groups in total. The molecule has 0 spiro atoms. The third kappa shape index (κ3) is 6.30. The lowest BCUT2D eigenvalue weighted by molar-refractivity contribution is 0.303. The summed E-state index contributed by atoms with van der Waals surface area (Å²) in [5.74, 6) is -0.782. The van der Waals surface area contributed by atoms with Gasteiger partial charge in [0.05, 0.1) is 0 Å². The molecule has 36 heavy (non-hydrogen) atoms. The van der Waals surface area contributed by atoms with Gasteiger partial charge in [0.2, 0.25) is 0 Å². The minimum Gasteiger partial charge on any atom is -0.207 e. The molecule has 0 atom stereocenters. The normalized spacial score (nSPS) is 18.1. The maximum absolute atomic E-state index is 15.1. The molecule has 1 saturated carbocycles. The largest absolute Gasteiger partial charge is 0.207 e. The fraction of sp³-hybridized carbons (Fsp3) is 0.394. The van der Waals surface area contributed by atoms with E-state index in [1.54, 1.807) is 18.2 Å². The molecule has 1 aliphatic rings. The van der Waals surface area contributed by atoms with E-state index < -0.39 is 11.6 Å². The third-order valence-corrected chi connectivity index (χ3v) is 7.66. The molecule has 190 valence electrons. The molecule has 0 nitrogen and oxygen atoms in total. The molecule has 4 rings (SSSR count). The van der Waals surface area contributed by atoms with Crippen molar-refractivity contribution in [2.75, 3.05) is 0 Å². The Morgan fingerprint density at radius 3 is 2.11 bits per heavy atom. The number of aryl methyl sites for hydroxylation is 1. The summed E-state index contributed by atoms with van der Waals surface area (Å²) < 4.78 is 44.5. The zero-order chi connectivity index (χ0) is 25.5. The second-order valence-electron chi connectivity index (χ2n) is 10.2. The van der Waals surface area contributed by atoms with Crippen LogP contribution < -0.4 is 0 Å². The first-order valence-corrected chi connectivity index (χ1v) is 13.5. The van der Waals surface area contributed by atoms with E-state index in [0.717, 1.165) is 67.6 Å². The second-order valence-corrected chi connectivity index (χ2v) is 10.2. The zero-order valence-corrected chi connectivity index (χ0v) is 21.5. The highest BCUT2D eigenvalue weighted by Crippen LogP contribution is 2.40. The molecule has 3 aromatic carbocycles. The predicted molar refractivity (Wildman–Crippen MR) is 145 cm³/mol. The molecule has 0 heterocycles. The lowest BCUT2D eigenvalue weighted by Crippen LogP contribution is -2.14. The number of hydrogen-bond acceptors (Lipinski definition) is 0. The van der Waals surface area contributed by atoms with E-state index in [1.807, 2.05) is 48.6 Å². The lowest BCUT2D eigenvalue weighted by Gasteiger charge is -2.29. The second kappa shape index (κ2) is 12.4. The van der Waals surface area contributed by atoms with Crippen LogP contribution in [-0.2, 0) is 6.42 Å². The fourth-order valence-electron chi connectivity index (χ4n) is 5.48. The predicted octanol–water partition coefficient (Wildman–Crippen LogP) is 10.4. The van der Waals surface area contributed by atoms with Gasteiger partial charge in [0.25, 0.3) is 0 Å². The molecular formula is C33H37F3. The third-order valence-electron chi connectivity index (χ3n) is 7.66. The van der Waals surface area contributed by atoms with Crippen LogP contribution in [0.3, 0.4) is 0 Å². The number of halogens is 3. The van der Waals surface area contributed by atoms with Gasteiger partial charge in [0, 0.05) is 5.56 Å². The molecule has 0 saturated heterocycles. The van der Waals surface area contributed by atoms with E-state index in [4.69, 9.17) is 0 Å². The smallest absolute Gasteiger partial charge is 0.166 e. The topological polar surface area (TPSA) is 0 Å². The van der Waals surface area contributed by atoms with Crippen LogP contribution in [0.5, 0.6) is 0 Å². The van der Waals surface area contributed by atoms with Gasteiger partial charge in [-0.1, -0.05) is 93.8 Å². The SMILES string of the molecule is CCCCc1ccc(C=Cc2ccc(-c3ccc(C4CCC(CCC)CC4)c(F)c3F)cc2)cc1F. The van der Waals surface area contributed by atoms with Crippen LogP contribution in [0.1, 0.15) is 93.4 Å². The Morgan fingerprint density at radius 1 is 0.750 bits per heavy atom. The molecule has 1 aliphatic carbocycles. The van der Waals surface area contributed by atoms with E-state index in [1.165, 1.54) is 12.8 Å². The quantitative estimate of drug-likeness (QED) is 0.262. The van der Waals surface area contributed by atoms with Gasteiger partial charge in [-0.3, -0.25) is 0 Å². The number of rotatable bonds is 9. The van der Waals surface area contributed by atoms with Crippen molar-refractivity contribution in [3.8, 4) is 11.1 Å². The van der Waals surface area contributed by atoms with E-state index >= 15 is 8.78 Å². The average molecular weight is 491 g/mol. The number of benzene rings is 3. The molecule has 0 radical (unpaired) electrons. The molecule has 0 unspecified atom stereocenters. The van der Waals surface area contributed by atoms with Gasteiger partial charge in [-0.15, -0.1) is 0 Å². The lowest BCUT2D eigenvalue weighted by atomic mass is 9.77. The number of unbranched alkanes of at least 4 members (excludes halogenated alkanes) is 1.